The molecule has 3 aromatic heterocycles. The van der Waals surface area contributed by atoms with Gasteiger partial charge in [-0.2, -0.15) is 0 Å². The standard InChI is InChI=1S/C14H16N6O3/c1-2-10(22-7-1)3-4-15-13-14(20-5-8-21-9-6-20)17-12-11(16-13)18-23-19-12/h1-2,7H,3-6,8-9H2,(H,15,16,18). The molecule has 4 rings (SSSR count). The van der Waals surface area contributed by atoms with Crippen LogP contribution in [0.1, 0.15) is 5.76 Å². The first kappa shape index (κ1) is 13.9. The maximum Gasteiger partial charge on any atom is 0.245 e. The van der Waals surface area contributed by atoms with Crippen molar-refractivity contribution >= 4 is 22.9 Å². The number of furan rings is 1. The molecule has 0 unspecified atom stereocenters. The molecule has 0 amide bonds. The molecule has 1 aliphatic rings. The maximum absolute atomic E-state index is 5.39. The topological polar surface area (TPSA) is 102 Å². The van der Waals surface area contributed by atoms with Crippen LogP contribution >= 0.6 is 0 Å². The number of rotatable bonds is 5. The van der Waals surface area contributed by atoms with E-state index in [1.165, 1.54) is 0 Å². The minimum absolute atomic E-state index is 0.391. The molecule has 0 bridgehead atoms. The van der Waals surface area contributed by atoms with Crippen LogP contribution in [0, 0.1) is 0 Å². The van der Waals surface area contributed by atoms with Gasteiger partial charge in [0.2, 0.25) is 11.3 Å². The second-order valence-electron chi connectivity index (χ2n) is 5.16. The number of fused-ring (bicyclic) bond motifs is 1. The second-order valence-corrected chi connectivity index (χ2v) is 5.16. The van der Waals surface area contributed by atoms with Crippen molar-refractivity contribution in [1.82, 2.24) is 20.3 Å². The number of anilines is 2. The summed E-state index contributed by atoms with van der Waals surface area (Å²) >= 11 is 0. The summed E-state index contributed by atoms with van der Waals surface area (Å²) in [6, 6.07) is 3.82. The van der Waals surface area contributed by atoms with E-state index >= 15 is 0 Å². The highest BCUT2D eigenvalue weighted by Crippen LogP contribution is 2.24. The van der Waals surface area contributed by atoms with Crippen LogP contribution in [0.2, 0.25) is 0 Å². The Morgan fingerprint density at radius 2 is 1.96 bits per heavy atom. The Morgan fingerprint density at radius 1 is 1.13 bits per heavy atom. The molecule has 0 radical (unpaired) electrons. The van der Waals surface area contributed by atoms with E-state index in [9.17, 15) is 0 Å². The van der Waals surface area contributed by atoms with Crippen molar-refractivity contribution in [2.24, 2.45) is 0 Å². The lowest BCUT2D eigenvalue weighted by Gasteiger charge is -2.28. The summed E-state index contributed by atoms with van der Waals surface area (Å²) in [4.78, 5) is 11.1. The molecular formula is C14H16N6O3. The largest absolute Gasteiger partial charge is 0.469 e. The Bertz CT molecular complexity index is 766. The van der Waals surface area contributed by atoms with E-state index in [1.54, 1.807) is 6.26 Å². The smallest absolute Gasteiger partial charge is 0.245 e. The SMILES string of the molecule is c1coc(CCNc2nc3nonc3nc2N2CCOCC2)c1. The van der Waals surface area contributed by atoms with Gasteiger partial charge in [0.1, 0.15) is 5.76 Å². The number of ether oxygens (including phenoxy) is 1. The Balaban J connectivity index is 1.57. The first-order valence-electron chi connectivity index (χ1n) is 7.49. The molecule has 9 nitrogen and oxygen atoms in total. The summed E-state index contributed by atoms with van der Waals surface area (Å²) < 4.78 is 15.4. The van der Waals surface area contributed by atoms with Gasteiger partial charge in [0.15, 0.2) is 11.6 Å². The molecule has 1 aliphatic heterocycles. The normalized spacial score (nSPS) is 15.2. The molecule has 0 saturated carbocycles. The van der Waals surface area contributed by atoms with E-state index in [4.69, 9.17) is 13.8 Å². The summed E-state index contributed by atoms with van der Waals surface area (Å²) in [6.45, 7) is 3.54. The Morgan fingerprint density at radius 3 is 2.74 bits per heavy atom. The molecule has 1 fully saturated rings. The molecular weight excluding hydrogens is 300 g/mol. The van der Waals surface area contributed by atoms with Crippen LogP contribution in [0.3, 0.4) is 0 Å². The molecule has 1 saturated heterocycles. The van der Waals surface area contributed by atoms with Crippen LogP contribution in [-0.4, -0.2) is 53.1 Å². The van der Waals surface area contributed by atoms with Gasteiger partial charge in [-0.15, -0.1) is 0 Å². The molecule has 9 heteroatoms. The molecule has 23 heavy (non-hydrogen) atoms. The van der Waals surface area contributed by atoms with E-state index in [0.717, 1.165) is 31.1 Å². The summed E-state index contributed by atoms with van der Waals surface area (Å²) in [5, 5.41) is 10.8. The molecule has 0 spiro atoms. The first-order valence-corrected chi connectivity index (χ1v) is 7.49. The third kappa shape index (κ3) is 2.95. The van der Waals surface area contributed by atoms with Crippen LogP contribution in [0.5, 0.6) is 0 Å². The Hall–Kier alpha value is -2.68. The number of hydrogen-bond acceptors (Lipinski definition) is 9. The first-order chi connectivity index (χ1) is 11.4. The molecule has 0 aromatic carbocycles. The van der Waals surface area contributed by atoms with Crippen LogP contribution < -0.4 is 10.2 Å². The van der Waals surface area contributed by atoms with E-state index in [-0.39, 0.29) is 0 Å². The highest BCUT2D eigenvalue weighted by atomic mass is 16.6. The number of nitrogens with zero attached hydrogens (tertiary/aromatic N) is 5. The summed E-state index contributed by atoms with van der Waals surface area (Å²) in [7, 11) is 0. The van der Waals surface area contributed by atoms with Gasteiger partial charge >= 0.3 is 0 Å². The highest BCUT2D eigenvalue weighted by molar-refractivity contribution is 5.74. The monoisotopic (exact) mass is 316 g/mol. The minimum Gasteiger partial charge on any atom is -0.469 e. The van der Waals surface area contributed by atoms with Crippen LogP contribution in [0.25, 0.3) is 11.3 Å². The zero-order valence-corrected chi connectivity index (χ0v) is 12.4. The van der Waals surface area contributed by atoms with Crippen LogP contribution in [-0.2, 0) is 11.2 Å². The van der Waals surface area contributed by atoms with Crippen molar-refractivity contribution < 1.29 is 13.8 Å². The zero-order valence-electron chi connectivity index (χ0n) is 12.4. The fraction of sp³-hybridized carbons (Fsp3) is 0.429. The number of nitrogens with one attached hydrogen (secondary N) is 1. The highest BCUT2D eigenvalue weighted by Gasteiger charge is 2.20. The number of morpholine rings is 1. The Kier molecular flexibility index (Phi) is 3.76. The van der Waals surface area contributed by atoms with Gasteiger partial charge in [0.05, 0.1) is 19.5 Å². The predicted octanol–water partition coefficient (Wildman–Crippen LogP) is 1.10. The van der Waals surface area contributed by atoms with Crippen molar-refractivity contribution in [2.45, 2.75) is 6.42 Å². The average Bonchev–Trinajstić information content (AvgIpc) is 3.26. The van der Waals surface area contributed by atoms with Crippen LogP contribution in [0.15, 0.2) is 27.4 Å². The fourth-order valence-electron chi connectivity index (χ4n) is 2.50. The van der Waals surface area contributed by atoms with E-state index in [0.29, 0.717) is 36.9 Å². The van der Waals surface area contributed by atoms with E-state index in [1.807, 2.05) is 12.1 Å². The third-order valence-corrected chi connectivity index (χ3v) is 3.65. The summed E-state index contributed by atoms with van der Waals surface area (Å²) in [6.07, 6.45) is 2.42. The van der Waals surface area contributed by atoms with Crippen LogP contribution in [0.4, 0.5) is 11.6 Å². The Labute approximate surface area is 131 Å². The van der Waals surface area contributed by atoms with E-state index < -0.39 is 0 Å². The van der Waals surface area contributed by atoms with Gasteiger partial charge in [-0.25, -0.2) is 14.6 Å². The molecule has 1 N–H and O–H groups in total. The maximum atomic E-state index is 5.39. The van der Waals surface area contributed by atoms with E-state index in [2.05, 4.69) is 30.5 Å². The minimum atomic E-state index is 0.391. The third-order valence-electron chi connectivity index (χ3n) is 3.65. The van der Waals surface area contributed by atoms with Crippen molar-refractivity contribution in [3.05, 3.63) is 24.2 Å². The van der Waals surface area contributed by atoms with Gasteiger partial charge in [0.25, 0.3) is 0 Å². The lowest BCUT2D eigenvalue weighted by Crippen LogP contribution is -2.37. The van der Waals surface area contributed by atoms with Gasteiger partial charge < -0.3 is 19.4 Å². The van der Waals surface area contributed by atoms with Gasteiger partial charge in [0, 0.05) is 26.1 Å². The van der Waals surface area contributed by atoms with Gasteiger partial charge in [-0.1, -0.05) is 0 Å². The lowest BCUT2D eigenvalue weighted by atomic mass is 10.3. The lowest BCUT2D eigenvalue weighted by molar-refractivity contribution is 0.122. The van der Waals surface area contributed by atoms with Gasteiger partial charge in [-0.05, 0) is 22.4 Å². The summed E-state index contributed by atoms with van der Waals surface area (Å²) in [5.41, 5.74) is 0.797. The zero-order chi connectivity index (χ0) is 15.5. The summed E-state index contributed by atoms with van der Waals surface area (Å²) in [5.74, 6) is 2.33. The average molecular weight is 316 g/mol. The fourth-order valence-corrected chi connectivity index (χ4v) is 2.50. The van der Waals surface area contributed by atoms with Crippen molar-refractivity contribution in [3.63, 3.8) is 0 Å². The molecule has 3 aromatic rings. The predicted molar refractivity (Wildman–Crippen MR) is 81.3 cm³/mol. The molecule has 4 heterocycles. The molecule has 120 valence electrons. The molecule has 0 aliphatic carbocycles. The second kappa shape index (κ2) is 6.21. The van der Waals surface area contributed by atoms with Crippen molar-refractivity contribution in [1.29, 1.82) is 0 Å². The quantitative estimate of drug-likeness (QED) is 0.741. The van der Waals surface area contributed by atoms with Crippen molar-refractivity contribution in [2.75, 3.05) is 43.1 Å². The molecule has 0 atom stereocenters. The van der Waals surface area contributed by atoms with Crippen molar-refractivity contribution in [3.8, 4) is 0 Å². The number of hydrogen-bond donors (Lipinski definition) is 1. The van der Waals surface area contributed by atoms with Gasteiger partial charge in [-0.3, -0.25) is 0 Å². The number of aromatic nitrogens is 4.